The summed E-state index contributed by atoms with van der Waals surface area (Å²) >= 11 is 0. The number of aliphatic hydroxyl groups is 1. The molecule has 0 aromatic heterocycles. The largest absolute Gasteiger partial charge is 0.457 e. The highest BCUT2D eigenvalue weighted by atomic mass is 16.5. The lowest BCUT2D eigenvalue weighted by Crippen LogP contribution is -2.05. The molecule has 1 N–H and O–H groups in total. The number of benzene rings is 2. The molecule has 0 aliphatic carbocycles. The fourth-order valence-corrected chi connectivity index (χ4v) is 1.97. The molecule has 0 bridgehead atoms. The van der Waals surface area contributed by atoms with Crippen molar-refractivity contribution in [2.24, 2.45) is 0 Å². The minimum absolute atomic E-state index is 0.381. The average Bonchev–Trinajstić information content (AvgIpc) is 2.47. The van der Waals surface area contributed by atoms with E-state index in [0.29, 0.717) is 0 Å². The molecule has 0 amide bonds. The summed E-state index contributed by atoms with van der Waals surface area (Å²) in [6.45, 7) is 3.91. The van der Waals surface area contributed by atoms with Gasteiger partial charge in [0.15, 0.2) is 0 Å². The maximum Gasteiger partial charge on any atom is 0.128 e. The SMILES string of the molecule is CCC(O)/C(C)=C/c1cccc(Oc2ccccc2)c1. The zero-order valence-corrected chi connectivity index (χ0v) is 11.9. The molecule has 2 nitrogen and oxygen atoms in total. The molecule has 2 aromatic rings. The third-order valence-corrected chi connectivity index (χ3v) is 3.14. The molecular weight excluding hydrogens is 248 g/mol. The first kappa shape index (κ1) is 14.4. The normalized spacial score (nSPS) is 13.1. The zero-order chi connectivity index (χ0) is 14.4. The van der Waals surface area contributed by atoms with Crippen molar-refractivity contribution in [2.75, 3.05) is 0 Å². The van der Waals surface area contributed by atoms with Gasteiger partial charge >= 0.3 is 0 Å². The summed E-state index contributed by atoms with van der Waals surface area (Å²) in [6, 6.07) is 17.6. The van der Waals surface area contributed by atoms with Crippen LogP contribution in [0.4, 0.5) is 0 Å². The minimum atomic E-state index is -0.381. The van der Waals surface area contributed by atoms with Crippen LogP contribution in [0.2, 0.25) is 0 Å². The molecule has 0 fully saturated rings. The second kappa shape index (κ2) is 6.92. The summed E-state index contributed by atoms with van der Waals surface area (Å²) in [5.74, 6) is 1.61. The molecule has 20 heavy (non-hydrogen) atoms. The fourth-order valence-electron chi connectivity index (χ4n) is 1.97. The van der Waals surface area contributed by atoms with Crippen LogP contribution in [-0.2, 0) is 0 Å². The molecule has 1 unspecified atom stereocenters. The predicted octanol–water partition coefficient (Wildman–Crippen LogP) is 4.65. The van der Waals surface area contributed by atoms with E-state index in [-0.39, 0.29) is 6.10 Å². The van der Waals surface area contributed by atoms with Crippen molar-refractivity contribution >= 4 is 6.08 Å². The minimum Gasteiger partial charge on any atom is -0.457 e. The van der Waals surface area contributed by atoms with Gasteiger partial charge in [0.05, 0.1) is 6.10 Å². The monoisotopic (exact) mass is 268 g/mol. The van der Waals surface area contributed by atoms with Crippen LogP contribution in [0.1, 0.15) is 25.8 Å². The summed E-state index contributed by atoms with van der Waals surface area (Å²) < 4.78 is 5.80. The van der Waals surface area contributed by atoms with Crippen molar-refractivity contribution in [3.8, 4) is 11.5 Å². The molecule has 2 aromatic carbocycles. The summed E-state index contributed by atoms with van der Waals surface area (Å²) in [5.41, 5.74) is 1.99. The number of para-hydroxylation sites is 1. The fraction of sp³-hybridized carbons (Fsp3) is 0.222. The molecule has 2 rings (SSSR count). The van der Waals surface area contributed by atoms with Gasteiger partial charge in [-0.25, -0.2) is 0 Å². The predicted molar refractivity (Wildman–Crippen MR) is 82.9 cm³/mol. The molecule has 0 aliphatic heterocycles. The Morgan fingerprint density at radius 3 is 2.50 bits per heavy atom. The van der Waals surface area contributed by atoms with E-state index in [1.165, 1.54) is 0 Å². The number of hydrogen-bond acceptors (Lipinski definition) is 2. The Balaban J connectivity index is 2.16. The molecule has 0 aliphatic rings. The average molecular weight is 268 g/mol. The number of aliphatic hydroxyl groups excluding tert-OH is 1. The van der Waals surface area contributed by atoms with Gasteiger partial charge in [-0.15, -0.1) is 0 Å². The van der Waals surface area contributed by atoms with Gasteiger partial charge in [-0.1, -0.05) is 43.3 Å². The van der Waals surface area contributed by atoms with Crippen LogP contribution in [0.15, 0.2) is 60.2 Å². The van der Waals surface area contributed by atoms with Crippen LogP contribution < -0.4 is 4.74 Å². The highest BCUT2D eigenvalue weighted by molar-refractivity contribution is 5.55. The molecule has 1 atom stereocenters. The molecule has 2 heteroatoms. The van der Waals surface area contributed by atoms with Gasteiger partial charge in [0.25, 0.3) is 0 Å². The van der Waals surface area contributed by atoms with E-state index in [2.05, 4.69) is 0 Å². The lowest BCUT2D eigenvalue weighted by molar-refractivity contribution is 0.208. The van der Waals surface area contributed by atoms with Crippen molar-refractivity contribution in [1.29, 1.82) is 0 Å². The van der Waals surface area contributed by atoms with Crippen molar-refractivity contribution in [1.82, 2.24) is 0 Å². The number of ether oxygens (including phenoxy) is 1. The van der Waals surface area contributed by atoms with Crippen LogP contribution in [-0.4, -0.2) is 11.2 Å². The van der Waals surface area contributed by atoms with E-state index in [4.69, 9.17) is 4.74 Å². The van der Waals surface area contributed by atoms with E-state index in [9.17, 15) is 5.11 Å². The number of rotatable bonds is 5. The zero-order valence-electron chi connectivity index (χ0n) is 11.9. The van der Waals surface area contributed by atoms with Crippen LogP contribution in [0.5, 0.6) is 11.5 Å². The van der Waals surface area contributed by atoms with Crippen LogP contribution >= 0.6 is 0 Å². The highest BCUT2D eigenvalue weighted by Gasteiger charge is 2.03. The summed E-state index contributed by atoms with van der Waals surface area (Å²) in [4.78, 5) is 0. The van der Waals surface area contributed by atoms with E-state index < -0.39 is 0 Å². The van der Waals surface area contributed by atoms with Crippen molar-refractivity contribution in [2.45, 2.75) is 26.4 Å². The van der Waals surface area contributed by atoms with E-state index in [1.807, 2.05) is 74.5 Å². The second-order valence-electron chi connectivity index (χ2n) is 4.80. The third-order valence-electron chi connectivity index (χ3n) is 3.14. The maximum atomic E-state index is 9.79. The van der Waals surface area contributed by atoms with E-state index in [1.54, 1.807) is 0 Å². The topological polar surface area (TPSA) is 29.5 Å². The molecular formula is C18H20O2. The van der Waals surface area contributed by atoms with Gasteiger partial charge in [0, 0.05) is 0 Å². The Morgan fingerprint density at radius 2 is 1.80 bits per heavy atom. The van der Waals surface area contributed by atoms with E-state index in [0.717, 1.165) is 29.1 Å². The second-order valence-corrected chi connectivity index (χ2v) is 4.80. The Labute approximate surface area is 120 Å². The van der Waals surface area contributed by atoms with Gasteiger partial charge in [-0.3, -0.25) is 0 Å². The first-order chi connectivity index (χ1) is 9.69. The number of hydrogen-bond donors (Lipinski definition) is 1. The molecule has 0 heterocycles. The summed E-state index contributed by atoms with van der Waals surface area (Å²) in [6.07, 6.45) is 2.34. The Morgan fingerprint density at radius 1 is 1.10 bits per heavy atom. The summed E-state index contributed by atoms with van der Waals surface area (Å²) in [5, 5.41) is 9.79. The lowest BCUT2D eigenvalue weighted by atomic mass is 10.1. The first-order valence-electron chi connectivity index (χ1n) is 6.88. The Kier molecular flexibility index (Phi) is 4.97. The third kappa shape index (κ3) is 3.97. The van der Waals surface area contributed by atoms with Gasteiger partial charge in [-0.05, 0) is 48.7 Å². The summed E-state index contributed by atoms with van der Waals surface area (Å²) in [7, 11) is 0. The quantitative estimate of drug-likeness (QED) is 0.855. The van der Waals surface area contributed by atoms with Crippen LogP contribution in [0.3, 0.4) is 0 Å². The Bertz CT molecular complexity index is 573. The highest BCUT2D eigenvalue weighted by Crippen LogP contribution is 2.23. The van der Waals surface area contributed by atoms with Gasteiger partial charge < -0.3 is 9.84 Å². The van der Waals surface area contributed by atoms with Gasteiger partial charge in [-0.2, -0.15) is 0 Å². The maximum absolute atomic E-state index is 9.79. The van der Waals surface area contributed by atoms with Crippen molar-refractivity contribution < 1.29 is 9.84 Å². The molecule has 104 valence electrons. The van der Waals surface area contributed by atoms with Crippen LogP contribution in [0.25, 0.3) is 6.08 Å². The standard InChI is InChI=1S/C18H20O2/c1-3-18(19)14(2)12-15-8-7-11-17(13-15)20-16-9-5-4-6-10-16/h4-13,18-19H,3H2,1-2H3/b14-12+. The lowest BCUT2D eigenvalue weighted by Gasteiger charge is -2.09. The molecule has 0 saturated carbocycles. The van der Waals surface area contributed by atoms with Crippen molar-refractivity contribution in [3.05, 3.63) is 65.7 Å². The molecule has 0 saturated heterocycles. The molecule has 0 spiro atoms. The Hall–Kier alpha value is -2.06. The first-order valence-corrected chi connectivity index (χ1v) is 6.88. The van der Waals surface area contributed by atoms with E-state index >= 15 is 0 Å². The smallest absolute Gasteiger partial charge is 0.128 e. The van der Waals surface area contributed by atoms with Gasteiger partial charge in [0.2, 0.25) is 0 Å². The van der Waals surface area contributed by atoms with Crippen molar-refractivity contribution in [3.63, 3.8) is 0 Å². The van der Waals surface area contributed by atoms with Gasteiger partial charge in [0.1, 0.15) is 11.5 Å². The van der Waals surface area contributed by atoms with Crippen LogP contribution in [0, 0.1) is 0 Å². The molecule has 0 radical (unpaired) electrons.